The Bertz CT molecular complexity index is 1130. The largest absolute Gasteiger partial charge is 0.436 e. The van der Waals surface area contributed by atoms with Crippen LogP contribution in [-0.2, 0) is 17.8 Å². The van der Waals surface area contributed by atoms with Gasteiger partial charge in [-0.2, -0.15) is 0 Å². The molecule has 1 N–H and O–H groups in total. The Morgan fingerprint density at radius 3 is 2.69 bits per heavy atom. The molecular weight excluding hydrogens is 426 g/mol. The predicted octanol–water partition coefficient (Wildman–Crippen LogP) is 5.15. The fourth-order valence-corrected chi connectivity index (χ4v) is 3.75. The molecule has 0 unspecified atom stereocenters. The molecule has 164 valence electrons. The van der Waals surface area contributed by atoms with Crippen molar-refractivity contribution in [2.45, 2.75) is 32.7 Å². The van der Waals surface area contributed by atoms with Crippen molar-refractivity contribution < 1.29 is 14.3 Å². The zero-order valence-corrected chi connectivity index (χ0v) is 18.6. The van der Waals surface area contributed by atoms with Crippen molar-refractivity contribution in [1.82, 2.24) is 10.3 Å². The van der Waals surface area contributed by atoms with Crippen LogP contribution in [0.25, 0.3) is 0 Å². The van der Waals surface area contributed by atoms with Gasteiger partial charge < -0.3 is 15.0 Å². The molecule has 2 amide bonds. The van der Waals surface area contributed by atoms with E-state index < -0.39 is 0 Å². The van der Waals surface area contributed by atoms with E-state index in [2.05, 4.69) is 29.4 Å². The van der Waals surface area contributed by atoms with Gasteiger partial charge in [-0.05, 0) is 54.3 Å². The van der Waals surface area contributed by atoms with E-state index in [0.717, 1.165) is 12.0 Å². The molecule has 32 heavy (non-hydrogen) atoms. The number of pyridine rings is 1. The molecule has 2 heterocycles. The van der Waals surface area contributed by atoms with Crippen molar-refractivity contribution in [2.75, 3.05) is 11.4 Å². The van der Waals surface area contributed by atoms with E-state index in [-0.39, 0.29) is 17.7 Å². The number of aryl methyl sites for hydroxylation is 1. The van der Waals surface area contributed by atoms with Crippen LogP contribution in [0.5, 0.6) is 11.6 Å². The predicted molar refractivity (Wildman–Crippen MR) is 124 cm³/mol. The van der Waals surface area contributed by atoms with Gasteiger partial charge in [0.1, 0.15) is 5.56 Å². The number of hydrogen-bond acceptors (Lipinski definition) is 4. The summed E-state index contributed by atoms with van der Waals surface area (Å²) in [7, 11) is 0. The highest BCUT2D eigenvalue weighted by atomic mass is 35.5. The number of carbonyl (C=O) groups excluding carboxylic acids is 2. The summed E-state index contributed by atoms with van der Waals surface area (Å²) < 4.78 is 5.88. The van der Waals surface area contributed by atoms with Crippen molar-refractivity contribution in [3.8, 4) is 11.6 Å². The summed E-state index contributed by atoms with van der Waals surface area (Å²) in [6.07, 6.45) is 3.36. The molecule has 1 aliphatic heterocycles. The highest BCUT2D eigenvalue weighted by Gasteiger charge is 2.29. The van der Waals surface area contributed by atoms with Gasteiger partial charge in [0.05, 0.1) is 5.69 Å². The summed E-state index contributed by atoms with van der Waals surface area (Å²) in [6, 6.07) is 16.7. The Balaban J connectivity index is 1.41. The molecule has 0 bridgehead atoms. The van der Waals surface area contributed by atoms with Gasteiger partial charge in [0.25, 0.3) is 5.91 Å². The van der Waals surface area contributed by atoms with Crippen molar-refractivity contribution >= 4 is 29.1 Å². The fraction of sp³-hybridized carbons (Fsp3) is 0.240. The minimum absolute atomic E-state index is 0.0588. The van der Waals surface area contributed by atoms with Crippen LogP contribution in [0.4, 0.5) is 5.69 Å². The first-order valence-electron chi connectivity index (χ1n) is 10.6. The van der Waals surface area contributed by atoms with Gasteiger partial charge >= 0.3 is 0 Å². The highest BCUT2D eigenvalue weighted by molar-refractivity contribution is 6.31. The number of carbonyl (C=O) groups is 2. The number of benzene rings is 2. The monoisotopic (exact) mass is 449 g/mol. The molecule has 0 fully saturated rings. The lowest BCUT2D eigenvalue weighted by Crippen LogP contribution is -2.32. The van der Waals surface area contributed by atoms with Crippen molar-refractivity contribution in [2.24, 2.45) is 0 Å². The van der Waals surface area contributed by atoms with Crippen LogP contribution in [-0.4, -0.2) is 23.3 Å². The molecule has 2 aromatic carbocycles. The van der Waals surface area contributed by atoms with Gasteiger partial charge in [-0.1, -0.05) is 42.8 Å². The number of nitrogens with zero attached hydrogens (tertiary/aromatic N) is 2. The molecule has 0 radical (unpaired) electrons. The Labute approximate surface area is 192 Å². The molecular formula is C25H24ClN3O3. The molecule has 0 aliphatic carbocycles. The molecule has 0 atom stereocenters. The van der Waals surface area contributed by atoms with Crippen LogP contribution in [0.1, 0.15) is 41.3 Å². The molecule has 3 aromatic rings. The standard InChI is InChI=1S/C25H24ClN3O3/c1-2-17-7-9-18(10-8-17)16-28-23(30)6-4-14-29-21-15-19(26)11-12-22(21)32-24-20(25(29)31)5-3-13-27-24/h3,5,7-13,15H,2,4,6,14,16H2,1H3,(H,28,30). The lowest BCUT2D eigenvalue weighted by molar-refractivity contribution is -0.121. The summed E-state index contributed by atoms with van der Waals surface area (Å²) in [5.74, 6) is 0.470. The normalized spacial score (nSPS) is 12.4. The van der Waals surface area contributed by atoms with E-state index in [4.69, 9.17) is 16.3 Å². The van der Waals surface area contributed by atoms with E-state index in [1.165, 1.54) is 5.56 Å². The van der Waals surface area contributed by atoms with Crippen LogP contribution in [0.2, 0.25) is 5.02 Å². The van der Waals surface area contributed by atoms with E-state index in [9.17, 15) is 9.59 Å². The second-order valence-electron chi connectivity index (χ2n) is 7.58. The van der Waals surface area contributed by atoms with Crippen LogP contribution in [0, 0.1) is 0 Å². The summed E-state index contributed by atoms with van der Waals surface area (Å²) in [5.41, 5.74) is 3.27. The Kier molecular flexibility index (Phi) is 6.71. The maximum atomic E-state index is 13.2. The van der Waals surface area contributed by atoms with E-state index in [1.54, 1.807) is 41.4 Å². The number of fused-ring (bicyclic) bond motifs is 2. The number of nitrogens with one attached hydrogen (secondary N) is 1. The SMILES string of the molecule is CCc1ccc(CNC(=O)CCCN2C(=O)c3cccnc3Oc3ccc(Cl)cc32)cc1. The number of ether oxygens (including phenoxy) is 1. The first-order valence-corrected chi connectivity index (χ1v) is 11.0. The number of halogens is 1. The third-order valence-corrected chi connectivity index (χ3v) is 5.61. The topological polar surface area (TPSA) is 71.5 Å². The minimum Gasteiger partial charge on any atom is -0.436 e. The Morgan fingerprint density at radius 2 is 1.91 bits per heavy atom. The van der Waals surface area contributed by atoms with E-state index >= 15 is 0 Å². The van der Waals surface area contributed by atoms with Crippen LogP contribution >= 0.6 is 11.6 Å². The van der Waals surface area contributed by atoms with E-state index in [1.807, 2.05) is 12.1 Å². The first kappa shape index (κ1) is 21.8. The number of rotatable bonds is 7. The highest BCUT2D eigenvalue weighted by Crippen LogP contribution is 2.39. The third-order valence-electron chi connectivity index (χ3n) is 5.37. The van der Waals surface area contributed by atoms with Gasteiger partial charge in [0.15, 0.2) is 5.75 Å². The van der Waals surface area contributed by atoms with Gasteiger partial charge in [-0.15, -0.1) is 0 Å². The molecule has 0 saturated carbocycles. The van der Waals surface area contributed by atoms with Crippen LogP contribution < -0.4 is 15.0 Å². The number of anilines is 1. The summed E-state index contributed by atoms with van der Waals surface area (Å²) in [4.78, 5) is 31.4. The quantitative estimate of drug-likeness (QED) is 0.541. The number of aromatic nitrogens is 1. The second-order valence-corrected chi connectivity index (χ2v) is 8.01. The van der Waals surface area contributed by atoms with Gasteiger partial charge in [-0.25, -0.2) is 4.98 Å². The van der Waals surface area contributed by atoms with Crippen LogP contribution in [0.3, 0.4) is 0 Å². The molecule has 0 spiro atoms. The fourth-order valence-electron chi connectivity index (χ4n) is 3.58. The number of amides is 2. The lowest BCUT2D eigenvalue weighted by atomic mass is 10.1. The zero-order chi connectivity index (χ0) is 22.5. The average molecular weight is 450 g/mol. The van der Waals surface area contributed by atoms with Crippen molar-refractivity contribution in [3.63, 3.8) is 0 Å². The summed E-state index contributed by atoms with van der Waals surface area (Å²) in [5, 5.41) is 3.44. The van der Waals surface area contributed by atoms with Crippen LogP contribution in [0.15, 0.2) is 60.8 Å². The maximum absolute atomic E-state index is 13.2. The first-order chi connectivity index (χ1) is 15.5. The van der Waals surface area contributed by atoms with Gasteiger partial charge in [0, 0.05) is 30.7 Å². The molecule has 0 saturated heterocycles. The summed E-state index contributed by atoms with van der Waals surface area (Å²) in [6.45, 7) is 2.94. The average Bonchev–Trinajstić information content (AvgIpc) is 2.92. The van der Waals surface area contributed by atoms with E-state index in [0.29, 0.717) is 48.0 Å². The van der Waals surface area contributed by atoms with Gasteiger partial charge in [-0.3, -0.25) is 9.59 Å². The molecule has 1 aliphatic rings. The maximum Gasteiger partial charge on any atom is 0.263 e. The zero-order valence-electron chi connectivity index (χ0n) is 17.8. The third kappa shape index (κ3) is 4.92. The lowest BCUT2D eigenvalue weighted by Gasteiger charge is -2.22. The molecule has 4 rings (SSSR count). The number of hydrogen-bond donors (Lipinski definition) is 1. The minimum atomic E-state index is -0.231. The second kappa shape index (κ2) is 9.83. The van der Waals surface area contributed by atoms with Crippen molar-refractivity contribution in [1.29, 1.82) is 0 Å². The van der Waals surface area contributed by atoms with Gasteiger partial charge in [0.2, 0.25) is 11.8 Å². The smallest absolute Gasteiger partial charge is 0.263 e. The Hall–Kier alpha value is -3.38. The molecule has 7 heteroatoms. The Morgan fingerprint density at radius 1 is 1.12 bits per heavy atom. The summed E-state index contributed by atoms with van der Waals surface area (Å²) >= 11 is 6.18. The molecule has 6 nitrogen and oxygen atoms in total. The van der Waals surface area contributed by atoms with Crippen molar-refractivity contribution in [3.05, 3.63) is 82.5 Å². The molecule has 1 aromatic heterocycles.